The third kappa shape index (κ3) is 4.09. The molecule has 4 nitrogen and oxygen atoms in total. The lowest BCUT2D eigenvalue weighted by Crippen LogP contribution is -2.36. The maximum absolute atomic E-state index is 5.25. The molecule has 4 heteroatoms. The quantitative estimate of drug-likeness (QED) is 0.192. The summed E-state index contributed by atoms with van der Waals surface area (Å²) < 4.78 is 0. The van der Waals surface area contributed by atoms with E-state index in [1.54, 1.807) is 0 Å². The van der Waals surface area contributed by atoms with Crippen molar-refractivity contribution in [2.24, 2.45) is 0 Å². The lowest BCUT2D eigenvalue weighted by atomic mass is 9.64. The highest BCUT2D eigenvalue weighted by atomic mass is 15.2. The average Bonchev–Trinajstić information content (AvgIpc) is 3.49. The summed E-state index contributed by atoms with van der Waals surface area (Å²) in [4.78, 5) is 7.66. The molecule has 7 aromatic carbocycles. The van der Waals surface area contributed by atoms with Crippen LogP contribution in [0.15, 0.2) is 182 Å². The van der Waals surface area contributed by atoms with Gasteiger partial charge in [-0.15, -0.1) is 10.2 Å². The minimum absolute atomic E-state index is 0.510. The second-order valence-electron chi connectivity index (χ2n) is 12.8. The molecule has 1 spiro atoms. The van der Waals surface area contributed by atoms with Gasteiger partial charge in [-0.1, -0.05) is 158 Å². The summed E-state index contributed by atoms with van der Waals surface area (Å²) in [5, 5.41) is 9.46. The number of hydrogen-bond acceptors (Lipinski definition) is 4. The monoisotopic (exact) mass is 638 g/mol. The minimum atomic E-state index is -0.510. The van der Waals surface area contributed by atoms with E-state index in [9.17, 15) is 0 Å². The Balaban J connectivity index is 1.30. The molecular weight excluding hydrogens is 609 g/mol. The van der Waals surface area contributed by atoms with Gasteiger partial charge in [-0.05, 0) is 57.6 Å². The summed E-state index contributed by atoms with van der Waals surface area (Å²) >= 11 is 0. The third-order valence-corrected chi connectivity index (χ3v) is 10.2. The number of aromatic nitrogens is 3. The van der Waals surface area contributed by atoms with Crippen molar-refractivity contribution in [3.63, 3.8) is 0 Å². The van der Waals surface area contributed by atoms with Crippen molar-refractivity contribution in [3.05, 3.63) is 204 Å². The van der Waals surface area contributed by atoms with E-state index in [1.165, 1.54) is 33.4 Å². The van der Waals surface area contributed by atoms with Crippen LogP contribution < -0.4 is 4.90 Å². The summed E-state index contributed by atoms with van der Waals surface area (Å²) in [6, 6.07) is 64.6. The van der Waals surface area contributed by atoms with Crippen molar-refractivity contribution >= 4 is 17.1 Å². The molecule has 0 radical (unpaired) electrons. The first-order chi connectivity index (χ1) is 24.8. The Bertz CT molecular complexity index is 2500. The average molecular weight is 639 g/mol. The van der Waals surface area contributed by atoms with Gasteiger partial charge in [-0.25, -0.2) is 4.98 Å². The highest BCUT2D eigenvalue weighted by Gasteiger charge is 2.51. The maximum Gasteiger partial charge on any atom is 0.182 e. The molecule has 0 N–H and O–H groups in total. The molecule has 10 rings (SSSR count). The van der Waals surface area contributed by atoms with Gasteiger partial charge in [-0.2, -0.15) is 0 Å². The fourth-order valence-corrected chi connectivity index (χ4v) is 8.14. The number of anilines is 3. The Labute approximate surface area is 291 Å². The molecule has 1 aliphatic carbocycles. The molecule has 0 fully saturated rings. The van der Waals surface area contributed by atoms with Gasteiger partial charge in [0.2, 0.25) is 0 Å². The standard InChI is InChI=1S/C46H30N4/c1-4-16-31(17-5-1)44-43(47-45(49-48-44)32-18-6-2-7-19-32)33-28-29-40-42(30-33)50(34-20-8-3-9-21-34)41-27-15-14-26-39(41)46(40)37-24-12-10-22-35(37)36-23-11-13-25-38(36)46/h1-30H. The predicted octanol–water partition coefficient (Wildman–Crippen LogP) is 11.0. The second-order valence-corrected chi connectivity index (χ2v) is 12.8. The molecular formula is C46H30N4. The SMILES string of the molecule is c1ccc(-c2nnc(-c3ccccc3)c(-c3ccc4c(c3)N(c3ccccc3)c3ccccc3C43c4ccccc4-c4ccccc43)n2)cc1. The van der Waals surface area contributed by atoms with Crippen LogP contribution in [0.4, 0.5) is 17.1 Å². The molecule has 0 atom stereocenters. The molecule has 0 bridgehead atoms. The molecule has 8 aromatic rings. The smallest absolute Gasteiger partial charge is 0.182 e. The first-order valence-electron chi connectivity index (χ1n) is 17.0. The van der Waals surface area contributed by atoms with Crippen LogP contribution in [0.5, 0.6) is 0 Å². The van der Waals surface area contributed by atoms with Gasteiger partial charge in [-0.3, -0.25) is 0 Å². The lowest BCUT2D eigenvalue weighted by Gasteiger charge is -2.45. The second kappa shape index (κ2) is 11.2. The highest BCUT2D eigenvalue weighted by molar-refractivity contribution is 5.97. The van der Waals surface area contributed by atoms with Crippen molar-refractivity contribution in [1.29, 1.82) is 0 Å². The topological polar surface area (TPSA) is 41.9 Å². The molecule has 0 saturated heterocycles. The van der Waals surface area contributed by atoms with E-state index in [2.05, 4.69) is 143 Å². The van der Waals surface area contributed by atoms with E-state index < -0.39 is 5.41 Å². The van der Waals surface area contributed by atoms with Crippen molar-refractivity contribution in [2.75, 3.05) is 4.90 Å². The van der Waals surface area contributed by atoms with Crippen molar-refractivity contribution < 1.29 is 0 Å². The van der Waals surface area contributed by atoms with Gasteiger partial charge in [0, 0.05) is 22.4 Å². The summed E-state index contributed by atoms with van der Waals surface area (Å²) in [6.45, 7) is 0. The van der Waals surface area contributed by atoms with Gasteiger partial charge >= 0.3 is 0 Å². The summed E-state index contributed by atoms with van der Waals surface area (Å²) in [5.41, 5.74) is 14.9. The molecule has 2 aliphatic rings. The largest absolute Gasteiger partial charge is 0.310 e. The molecule has 234 valence electrons. The summed E-state index contributed by atoms with van der Waals surface area (Å²) in [6.07, 6.45) is 0. The van der Waals surface area contributed by atoms with E-state index in [4.69, 9.17) is 10.1 Å². The Morgan fingerprint density at radius 2 is 0.920 bits per heavy atom. The maximum atomic E-state index is 5.25. The van der Waals surface area contributed by atoms with Crippen molar-refractivity contribution in [2.45, 2.75) is 5.41 Å². The van der Waals surface area contributed by atoms with Crippen LogP contribution in [0.1, 0.15) is 22.3 Å². The zero-order valence-electron chi connectivity index (χ0n) is 27.1. The van der Waals surface area contributed by atoms with Crippen LogP contribution in [-0.4, -0.2) is 15.2 Å². The Kier molecular flexibility index (Phi) is 6.36. The van der Waals surface area contributed by atoms with Crippen LogP contribution in [0.25, 0.3) is 45.0 Å². The first-order valence-corrected chi connectivity index (χ1v) is 17.0. The minimum Gasteiger partial charge on any atom is -0.310 e. The van der Waals surface area contributed by atoms with Crippen molar-refractivity contribution in [3.8, 4) is 45.0 Å². The van der Waals surface area contributed by atoms with E-state index in [-0.39, 0.29) is 0 Å². The van der Waals surface area contributed by atoms with Crippen LogP contribution in [0.2, 0.25) is 0 Å². The third-order valence-electron chi connectivity index (χ3n) is 10.2. The number of nitrogens with zero attached hydrogens (tertiary/aromatic N) is 4. The highest BCUT2D eigenvalue weighted by Crippen LogP contribution is 2.63. The van der Waals surface area contributed by atoms with Crippen LogP contribution in [0, 0.1) is 0 Å². The summed E-state index contributed by atoms with van der Waals surface area (Å²) in [7, 11) is 0. The van der Waals surface area contributed by atoms with E-state index in [0.717, 1.165) is 45.1 Å². The fraction of sp³-hybridized carbons (Fsp3) is 0.0217. The lowest BCUT2D eigenvalue weighted by molar-refractivity contribution is 0.753. The van der Waals surface area contributed by atoms with Crippen LogP contribution in [-0.2, 0) is 5.41 Å². The van der Waals surface area contributed by atoms with E-state index in [1.807, 2.05) is 48.5 Å². The van der Waals surface area contributed by atoms with Crippen molar-refractivity contribution in [1.82, 2.24) is 15.2 Å². The molecule has 1 aromatic heterocycles. The molecule has 2 heterocycles. The molecule has 0 unspecified atom stereocenters. The van der Waals surface area contributed by atoms with Gasteiger partial charge in [0.1, 0.15) is 11.4 Å². The normalized spacial score (nSPS) is 13.3. The fourth-order valence-electron chi connectivity index (χ4n) is 8.14. The number of rotatable bonds is 4. The van der Waals surface area contributed by atoms with Gasteiger partial charge in [0.15, 0.2) is 5.82 Å². The number of benzene rings is 7. The van der Waals surface area contributed by atoms with Crippen LogP contribution >= 0.6 is 0 Å². The predicted molar refractivity (Wildman–Crippen MR) is 202 cm³/mol. The van der Waals surface area contributed by atoms with Gasteiger partial charge < -0.3 is 4.90 Å². The van der Waals surface area contributed by atoms with Gasteiger partial charge in [0.25, 0.3) is 0 Å². The first kappa shape index (κ1) is 28.4. The zero-order chi connectivity index (χ0) is 33.1. The van der Waals surface area contributed by atoms with E-state index in [0.29, 0.717) is 5.82 Å². The zero-order valence-corrected chi connectivity index (χ0v) is 27.1. The Morgan fingerprint density at radius 1 is 0.380 bits per heavy atom. The number of para-hydroxylation sites is 2. The molecule has 50 heavy (non-hydrogen) atoms. The van der Waals surface area contributed by atoms with E-state index >= 15 is 0 Å². The Hall–Kier alpha value is -6.65. The van der Waals surface area contributed by atoms with Gasteiger partial charge in [0.05, 0.1) is 16.8 Å². The molecule has 0 saturated carbocycles. The number of hydrogen-bond donors (Lipinski definition) is 0. The molecule has 0 amide bonds. The molecule has 1 aliphatic heterocycles. The number of fused-ring (bicyclic) bond motifs is 9. The summed E-state index contributed by atoms with van der Waals surface area (Å²) in [5.74, 6) is 0.596. The van der Waals surface area contributed by atoms with Crippen LogP contribution in [0.3, 0.4) is 0 Å². The Morgan fingerprint density at radius 3 is 1.60 bits per heavy atom.